The summed E-state index contributed by atoms with van der Waals surface area (Å²) in [5, 5.41) is 2.23. The summed E-state index contributed by atoms with van der Waals surface area (Å²) in [6.07, 6.45) is 8.00. The van der Waals surface area contributed by atoms with Gasteiger partial charge in [-0.2, -0.15) is 9.97 Å². The number of imidazole rings is 2. The van der Waals surface area contributed by atoms with Crippen LogP contribution in [0.25, 0.3) is 66.6 Å². The van der Waals surface area contributed by atoms with Crippen LogP contribution in [-0.4, -0.2) is 101 Å². The molecule has 14 nitrogen and oxygen atoms in total. The Hall–Kier alpha value is -5.86. The molecular weight excluding hydrogens is 705 g/mol. The lowest BCUT2D eigenvalue weighted by Gasteiger charge is -2.27. The molecule has 0 aliphatic carbocycles. The predicted molar refractivity (Wildman–Crippen MR) is 219 cm³/mol. The Labute approximate surface area is 324 Å². The molecule has 2 aliphatic heterocycles. The number of rotatable bonds is 9. The predicted octanol–water partition coefficient (Wildman–Crippen LogP) is 6.89. The van der Waals surface area contributed by atoms with Gasteiger partial charge in [-0.25, -0.2) is 19.9 Å². The van der Waals surface area contributed by atoms with Gasteiger partial charge >= 0.3 is 0 Å². The number of nitrogens with zero attached hydrogens (tertiary/aromatic N) is 11. The molecule has 2 aromatic carbocycles. The Morgan fingerprint density at radius 1 is 0.661 bits per heavy atom. The van der Waals surface area contributed by atoms with Gasteiger partial charge in [0.15, 0.2) is 11.3 Å². The summed E-state index contributed by atoms with van der Waals surface area (Å²) < 4.78 is 18.1. The topological polar surface area (TPSA) is 133 Å². The van der Waals surface area contributed by atoms with Crippen LogP contribution in [0.3, 0.4) is 0 Å². The molecular formula is C42H46N12O2. The summed E-state index contributed by atoms with van der Waals surface area (Å²) in [7, 11) is 0. The van der Waals surface area contributed by atoms with Crippen LogP contribution in [0, 0.1) is 5.92 Å². The fourth-order valence-electron chi connectivity index (χ4n) is 8.19. The first kappa shape index (κ1) is 34.6. The molecule has 8 heterocycles. The first-order chi connectivity index (χ1) is 27.4. The van der Waals surface area contributed by atoms with E-state index in [1.807, 2.05) is 18.9 Å². The third kappa shape index (κ3) is 5.86. The van der Waals surface area contributed by atoms with Crippen LogP contribution < -0.4 is 9.80 Å². The molecule has 286 valence electrons. The number of nitrogens with one attached hydrogen (secondary N) is 1. The summed E-state index contributed by atoms with van der Waals surface area (Å²) in [5.74, 6) is 1.84. The number of H-pyrrole nitrogens is 1. The second-order valence-electron chi connectivity index (χ2n) is 15.4. The van der Waals surface area contributed by atoms with Gasteiger partial charge in [-0.05, 0) is 44.0 Å². The van der Waals surface area contributed by atoms with E-state index in [9.17, 15) is 0 Å². The lowest BCUT2D eigenvalue weighted by molar-refractivity contribution is 0.122. The van der Waals surface area contributed by atoms with E-state index in [0.717, 1.165) is 98.8 Å². The number of anilines is 2. The summed E-state index contributed by atoms with van der Waals surface area (Å²) in [4.78, 5) is 38.4. The highest BCUT2D eigenvalue weighted by molar-refractivity contribution is 6.02. The zero-order valence-electron chi connectivity index (χ0n) is 32.3. The number of aromatic nitrogens is 10. The quantitative estimate of drug-likeness (QED) is 0.166. The van der Waals surface area contributed by atoms with Crippen LogP contribution in [0.1, 0.15) is 39.8 Å². The molecule has 0 bridgehead atoms. The second kappa shape index (κ2) is 14.0. The first-order valence-electron chi connectivity index (χ1n) is 19.7. The number of ether oxygens (including phenoxy) is 2. The van der Waals surface area contributed by atoms with Crippen LogP contribution in [0.2, 0.25) is 0 Å². The first-order valence-corrected chi connectivity index (χ1v) is 19.7. The number of hydrogen-bond donors (Lipinski definition) is 1. The maximum Gasteiger partial charge on any atom is 0.228 e. The fraction of sp³-hybridized carbons (Fsp3) is 0.381. The Morgan fingerprint density at radius 3 is 1.89 bits per heavy atom. The lowest BCUT2D eigenvalue weighted by atomic mass is 10.1. The van der Waals surface area contributed by atoms with Gasteiger partial charge in [-0.3, -0.25) is 0 Å². The average Bonchev–Trinajstić information content (AvgIpc) is 4.06. The number of hydrogen-bond acceptors (Lipinski definition) is 10. The van der Waals surface area contributed by atoms with Gasteiger partial charge in [-0.15, -0.1) is 0 Å². The Balaban J connectivity index is 1.05. The van der Waals surface area contributed by atoms with Crippen molar-refractivity contribution in [2.24, 2.45) is 5.92 Å². The Morgan fingerprint density at radius 2 is 1.25 bits per heavy atom. The molecule has 2 fully saturated rings. The zero-order chi connectivity index (χ0) is 37.9. The summed E-state index contributed by atoms with van der Waals surface area (Å²) in [5.41, 5.74) is 9.22. The molecule has 14 heteroatoms. The smallest absolute Gasteiger partial charge is 0.228 e. The van der Waals surface area contributed by atoms with E-state index in [-0.39, 0.29) is 12.1 Å². The standard InChI is InChI=1S/C42H46N12O2/c1-26(2)28(4)54-25-45-38-36(47-42(49-40(38)54)51-17-21-56-22-18-51)32-8-6-10-34-30(32)12-14-52(34)23-27(3)53-24-44-37-35(31-7-5-9-33-29(31)11-13-43-33)46-41(48-39(37)53)50-15-19-55-20-16-50/h5-14,24-28,43H,15-23H2,1-4H3. The molecule has 0 saturated carbocycles. The molecule has 0 spiro atoms. The van der Waals surface area contributed by atoms with Crippen molar-refractivity contribution in [3.63, 3.8) is 0 Å². The number of benzene rings is 2. The SMILES string of the molecule is CC(C)C(C)n1cnc2c(-c3cccc4c3ccn4CC(C)n3cnc4c(-c5cccc6[nH]ccc56)nc(N5CCOCC5)nc43)nc(N3CCOCC3)nc21. The number of aromatic amines is 1. The molecule has 8 aromatic rings. The normalized spacial score (nSPS) is 16.6. The maximum absolute atomic E-state index is 5.68. The van der Waals surface area contributed by atoms with Crippen molar-refractivity contribution < 1.29 is 9.47 Å². The zero-order valence-corrected chi connectivity index (χ0v) is 32.3. The third-order valence-electron chi connectivity index (χ3n) is 11.7. The van der Waals surface area contributed by atoms with Gasteiger partial charge in [-0.1, -0.05) is 38.1 Å². The van der Waals surface area contributed by atoms with Crippen molar-refractivity contribution in [3.05, 3.63) is 73.6 Å². The minimum atomic E-state index is 0.0227. The largest absolute Gasteiger partial charge is 0.378 e. The monoisotopic (exact) mass is 750 g/mol. The summed E-state index contributed by atoms with van der Waals surface area (Å²) in [6, 6.07) is 17.3. The molecule has 2 unspecified atom stereocenters. The minimum Gasteiger partial charge on any atom is -0.378 e. The van der Waals surface area contributed by atoms with Gasteiger partial charge in [0.1, 0.15) is 22.4 Å². The van der Waals surface area contributed by atoms with Crippen molar-refractivity contribution in [2.45, 2.75) is 46.3 Å². The highest BCUT2D eigenvalue weighted by Crippen LogP contribution is 2.37. The third-order valence-corrected chi connectivity index (χ3v) is 11.7. The van der Waals surface area contributed by atoms with Crippen molar-refractivity contribution in [1.29, 1.82) is 0 Å². The molecule has 2 atom stereocenters. The van der Waals surface area contributed by atoms with Gasteiger partial charge in [0, 0.05) is 84.1 Å². The van der Waals surface area contributed by atoms with E-state index >= 15 is 0 Å². The van der Waals surface area contributed by atoms with E-state index in [2.05, 4.69) is 111 Å². The van der Waals surface area contributed by atoms with Crippen LogP contribution in [-0.2, 0) is 16.0 Å². The van der Waals surface area contributed by atoms with Crippen LogP contribution in [0.5, 0.6) is 0 Å². The minimum absolute atomic E-state index is 0.0227. The molecule has 10 rings (SSSR count). The fourth-order valence-corrected chi connectivity index (χ4v) is 8.19. The Kier molecular flexibility index (Phi) is 8.66. The van der Waals surface area contributed by atoms with Crippen molar-refractivity contribution >= 4 is 56.0 Å². The lowest BCUT2D eigenvalue weighted by Crippen LogP contribution is -2.37. The molecule has 1 N–H and O–H groups in total. The van der Waals surface area contributed by atoms with Crippen molar-refractivity contribution in [3.8, 4) is 22.5 Å². The average molecular weight is 751 g/mol. The van der Waals surface area contributed by atoms with Gasteiger partial charge in [0.05, 0.1) is 45.1 Å². The molecule has 56 heavy (non-hydrogen) atoms. The van der Waals surface area contributed by atoms with Gasteiger partial charge in [0.2, 0.25) is 11.9 Å². The van der Waals surface area contributed by atoms with E-state index in [1.54, 1.807) is 0 Å². The van der Waals surface area contributed by atoms with Crippen molar-refractivity contribution in [1.82, 2.24) is 48.6 Å². The van der Waals surface area contributed by atoms with E-state index in [4.69, 9.17) is 39.4 Å². The van der Waals surface area contributed by atoms with E-state index < -0.39 is 0 Å². The maximum atomic E-state index is 5.68. The van der Waals surface area contributed by atoms with Crippen molar-refractivity contribution in [2.75, 3.05) is 62.4 Å². The number of morpholine rings is 2. The van der Waals surface area contributed by atoms with Crippen LogP contribution in [0.15, 0.2) is 73.6 Å². The highest BCUT2D eigenvalue weighted by Gasteiger charge is 2.26. The molecule has 2 aliphatic rings. The highest BCUT2D eigenvalue weighted by atomic mass is 16.5. The Bertz CT molecular complexity index is 2690. The van der Waals surface area contributed by atoms with E-state index in [1.165, 1.54) is 0 Å². The van der Waals surface area contributed by atoms with Gasteiger partial charge < -0.3 is 38.0 Å². The number of fused-ring (bicyclic) bond motifs is 4. The summed E-state index contributed by atoms with van der Waals surface area (Å²) >= 11 is 0. The second-order valence-corrected chi connectivity index (χ2v) is 15.4. The molecule has 2 saturated heterocycles. The molecule has 0 radical (unpaired) electrons. The van der Waals surface area contributed by atoms with E-state index in [0.29, 0.717) is 44.8 Å². The molecule has 6 aromatic heterocycles. The van der Waals surface area contributed by atoms with Crippen LogP contribution in [0.4, 0.5) is 11.9 Å². The van der Waals surface area contributed by atoms with Crippen LogP contribution >= 0.6 is 0 Å². The summed E-state index contributed by atoms with van der Waals surface area (Å²) in [6.45, 7) is 15.2. The van der Waals surface area contributed by atoms with Gasteiger partial charge in [0.25, 0.3) is 0 Å². The molecule has 0 amide bonds.